The number of nitrogens with zero attached hydrogens (tertiary/aromatic N) is 1. The Labute approximate surface area is 121 Å². The highest BCUT2D eigenvalue weighted by atomic mass is 16.5. The minimum absolute atomic E-state index is 0.0468. The zero-order valence-corrected chi connectivity index (χ0v) is 12.3. The van der Waals surface area contributed by atoms with Crippen molar-refractivity contribution in [1.29, 1.82) is 0 Å². The van der Waals surface area contributed by atoms with Gasteiger partial charge in [0.25, 0.3) is 0 Å². The highest BCUT2D eigenvalue weighted by Crippen LogP contribution is 2.14. The van der Waals surface area contributed by atoms with Crippen molar-refractivity contribution >= 4 is 5.91 Å². The lowest BCUT2D eigenvalue weighted by atomic mass is 10.1. The molecule has 0 spiro atoms. The highest BCUT2D eigenvalue weighted by molar-refractivity contribution is 5.76. The highest BCUT2D eigenvalue weighted by Gasteiger charge is 2.13. The molecule has 1 aromatic carbocycles. The maximum atomic E-state index is 12.2. The quantitative estimate of drug-likeness (QED) is 0.741. The minimum Gasteiger partial charge on any atom is -0.497 e. The predicted molar refractivity (Wildman–Crippen MR) is 81.5 cm³/mol. The Hall–Kier alpha value is -1.81. The largest absolute Gasteiger partial charge is 0.497 e. The summed E-state index contributed by atoms with van der Waals surface area (Å²) in [5.41, 5.74) is 6.77. The Morgan fingerprint density at radius 3 is 2.60 bits per heavy atom. The van der Waals surface area contributed by atoms with Gasteiger partial charge < -0.3 is 15.4 Å². The van der Waals surface area contributed by atoms with Crippen LogP contribution >= 0.6 is 0 Å². The number of hydrogen-bond acceptors (Lipinski definition) is 3. The third-order valence-electron chi connectivity index (χ3n) is 3.05. The fourth-order valence-electron chi connectivity index (χ4n) is 1.87. The van der Waals surface area contributed by atoms with Gasteiger partial charge in [0, 0.05) is 25.6 Å². The van der Waals surface area contributed by atoms with Crippen molar-refractivity contribution in [2.24, 2.45) is 5.73 Å². The van der Waals surface area contributed by atoms with E-state index in [1.165, 1.54) is 0 Å². The molecule has 20 heavy (non-hydrogen) atoms. The number of nitrogens with two attached hydrogens (primary N) is 1. The van der Waals surface area contributed by atoms with Gasteiger partial charge in [-0.3, -0.25) is 4.79 Å². The van der Waals surface area contributed by atoms with E-state index in [0.29, 0.717) is 25.9 Å². The first-order chi connectivity index (χ1) is 9.56. The van der Waals surface area contributed by atoms with Crippen LogP contribution in [0, 0.1) is 0 Å². The second-order valence-corrected chi connectivity index (χ2v) is 4.93. The molecule has 1 atom stereocenters. The zero-order valence-electron chi connectivity index (χ0n) is 12.3. The average molecular weight is 276 g/mol. The van der Waals surface area contributed by atoms with Gasteiger partial charge in [-0.05, 0) is 31.0 Å². The third-order valence-corrected chi connectivity index (χ3v) is 3.05. The molecular formula is C16H24N2O2. The van der Waals surface area contributed by atoms with Crippen molar-refractivity contribution < 1.29 is 9.53 Å². The summed E-state index contributed by atoms with van der Waals surface area (Å²) in [5.74, 6) is 0.922. The molecule has 0 saturated heterocycles. The van der Waals surface area contributed by atoms with Gasteiger partial charge in [0.2, 0.25) is 5.91 Å². The molecule has 2 N–H and O–H groups in total. The van der Waals surface area contributed by atoms with Crippen LogP contribution in [0.15, 0.2) is 36.9 Å². The first kappa shape index (κ1) is 16.2. The fraction of sp³-hybridized carbons (Fsp3) is 0.438. The summed E-state index contributed by atoms with van der Waals surface area (Å²) in [6, 6.07) is 7.77. The smallest absolute Gasteiger partial charge is 0.223 e. The Balaban J connectivity index is 2.65. The van der Waals surface area contributed by atoms with Crippen molar-refractivity contribution in [2.45, 2.75) is 32.4 Å². The summed E-state index contributed by atoms with van der Waals surface area (Å²) >= 11 is 0. The second kappa shape index (κ2) is 8.38. The molecule has 4 heteroatoms. The van der Waals surface area contributed by atoms with Crippen molar-refractivity contribution in [3.05, 3.63) is 42.5 Å². The second-order valence-electron chi connectivity index (χ2n) is 4.93. The molecule has 1 amide bonds. The number of rotatable bonds is 8. The van der Waals surface area contributed by atoms with Gasteiger partial charge in [0.15, 0.2) is 0 Å². The summed E-state index contributed by atoms with van der Waals surface area (Å²) in [6.45, 7) is 6.74. The molecule has 0 aliphatic carbocycles. The molecule has 0 heterocycles. The topological polar surface area (TPSA) is 55.6 Å². The monoisotopic (exact) mass is 276 g/mol. The Morgan fingerprint density at radius 1 is 1.45 bits per heavy atom. The molecule has 1 unspecified atom stereocenters. The summed E-state index contributed by atoms with van der Waals surface area (Å²) in [4.78, 5) is 14.0. The van der Waals surface area contributed by atoms with Crippen LogP contribution in [0.1, 0.15) is 25.3 Å². The number of amides is 1. The van der Waals surface area contributed by atoms with E-state index in [1.54, 1.807) is 18.1 Å². The number of methoxy groups -OCH3 is 1. The van der Waals surface area contributed by atoms with E-state index in [9.17, 15) is 4.79 Å². The van der Waals surface area contributed by atoms with Crippen molar-refractivity contribution in [2.75, 3.05) is 13.7 Å². The fourth-order valence-corrected chi connectivity index (χ4v) is 1.87. The predicted octanol–water partition coefficient (Wildman–Crippen LogP) is 2.34. The van der Waals surface area contributed by atoms with E-state index in [1.807, 2.05) is 31.2 Å². The summed E-state index contributed by atoms with van der Waals surface area (Å²) in [6.07, 6.45) is 2.92. The van der Waals surface area contributed by atoms with Gasteiger partial charge in [-0.25, -0.2) is 0 Å². The van der Waals surface area contributed by atoms with Crippen molar-refractivity contribution in [1.82, 2.24) is 4.90 Å². The van der Waals surface area contributed by atoms with Gasteiger partial charge in [0.1, 0.15) is 5.75 Å². The van der Waals surface area contributed by atoms with Crippen LogP contribution in [0.3, 0.4) is 0 Å². The number of benzene rings is 1. The van der Waals surface area contributed by atoms with Gasteiger partial charge in [-0.1, -0.05) is 18.2 Å². The van der Waals surface area contributed by atoms with E-state index in [-0.39, 0.29) is 11.9 Å². The number of carbonyl (C=O) groups excluding carboxylic acids is 1. The standard InChI is InChI=1S/C16H24N2O2/c1-4-11-18(16(19)10-5-13(2)17)12-14-6-8-15(20-3)9-7-14/h4,6-9,13H,1,5,10-12,17H2,2-3H3. The van der Waals surface area contributed by atoms with E-state index < -0.39 is 0 Å². The normalized spacial score (nSPS) is 11.8. The van der Waals surface area contributed by atoms with Crippen LogP contribution in [0.5, 0.6) is 5.75 Å². The molecule has 0 aliphatic heterocycles. The molecule has 0 aromatic heterocycles. The van der Waals surface area contributed by atoms with E-state index in [2.05, 4.69) is 6.58 Å². The number of ether oxygens (including phenoxy) is 1. The molecule has 4 nitrogen and oxygen atoms in total. The summed E-state index contributed by atoms with van der Waals surface area (Å²) in [7, 11) is 1.64. The van der Waals surface area contributed by atoms with Gasteiger partial charge >= 0.3 is 0 Å². The molecule has 1 aromatic rings. The van der Waals surface area contributed by atoms with Gasteiger partial charge in [-0.15, -0.1) is 6.58 Å². The van der Waals surface area contributed by atoms with Crippen molar-refractivity contribution in [3.63, 3.8) is 0 Å². The Kier molecular flexibility index (Phi) is 6.81. The lowest BCUT2D eigenvalue weighted by Crippen LogP contribution is -2.31. The summed E-state index contributed by atoms with van der Waals surface area (Å²) in [5, 5.41) is 0. The molecule has 1 rings (SSSR count). The zero-order chi connectivity index (χ0) is 15.0. The van der Waals surface area contributed by atoms with E-state index >= 15 is 0 Å². The SMILES string of the molecule is C=CCN(Cc1ccc(OC)cc1)C(=O)CCC(C)N. The van der Waals surface area contributed by atoms with Gasteiger partial charge in [0.05, 0.1) is 7.11 Å². The van der Waals surface area contributed by atoms with Crippen LogP contribution in [-0.4, -0.2) is 30.5 Å². The average Bonchev–Trinajstić information content (AvgIpc) is 2.45. The van der Waals surface area contributed by atoms with E-state index in [4.69, 9.17) is 10.5 Å². The molecule has 0 aliphatic rings. The van der Waals surface area contributed by atoms with Crippen LogP contribution < -0.4 is 10.5 Å². The lowest BCUT2D eigenvalue weighted by molar-refractivity contribution is -0.131. The third kappa shape index (κ3) is 5.45. The molecule has 0 fully saturated rings. The van der Waals surface area contributed by atoms with Crippen LogP contribution in [0.2, 0.25) is 0 Å². The Morgan fingerprint density at radius 2 is 2.10 bits per heavy atom. The first-order valence-electron chi connectivity index (χ1n) is 6.84. The number of carbonyl (C=O) groups is 1. The minimum atomic E-state index is 0.0468. The molecule has 110 valence electrons. The lowest BCUT2D eigenvalue weighted by Gasteiger charge is -2.22. The van der Waals surface area contributed by atoms with Crippen LogP contribution in [-0.2, 0) is 11.3 Å². The molecule has 0 radical (unpaired) electrons. The molecule has 0 bridgehead atoms. The maximum absolute atomic E-state index is 12.2. The van der Waals surface area contributed by atoms with Crippen molar-refractivity contribution in [3.8, 4) is 5.75 Å². The van der Waals surface area contributed by atoms with Gasteiger partial charge in [-0.2, -0.15) is 0 Å². The summed E-state index contributed by atoms with van der Waals surface area (Å²) < 4.78 is 5.12. The van der Waals surface area contributed by atoms with Crippen LogP contribution in [0.25, 0.3) is 0 Å². The van der Waals surface area contributed by atoms with Crippen LogP contribution in [0.4, 0.5) is 0 Å². The maximum Gasteiger partial charge on any atom is 0.223 e. The van der Waals surface area contributed by atoms with E-state index in [0.717, 1.165) is 11.3 Å². The molecular weight excluding hydrogens is 252 g/mol. The Bertz CT molecular complexity index is 427. The first-order valence-corrected chi connectivity index (χ1v) is 6.84. The molecule has 0 saturated carbocycles. The number of hydrogen-bond donors (Lipinski definition) is 1.